The Morgan fingerprint density at radius 3 is 2.08 bits per heavy atom. The maximum absolute atomic E-state index is 12.7. The number of thiophene rings is 1. The Hall–Kier alpha value is -1.37. The molecular formula is C18H24N2O2S2. The number of aryl methyl sites for hydroxylation is 1. The van der Waals surface area contributed by atoms with Gasteiger partial charge in [0.1, 0.15) is 4.21 Å². The first-order valence-corrected chi connectivity index (χ1v) is 10.5. The standard InChI is InChI=1S/C18H24N2O2S2/c1-14(2)16-5-7-17(8-6-16)19-10-12-20(13-11-19)24(21,22)18-9-4-15(3)23-18/h4-9,14H,10-13H2,1-3H3. The van der Waals surface area contributed by atoms with Crippen LogP contribution >= 0.6 is 11.3 Å². The third-order valence-electron chi connectivity index (χ3n) is 4.47. The van der Waals surface area contributed by atoms with Gasteiger partial charge in [0.25, 0.3) is 10.0 Å². The second-order valence-electron chi connectivity index (χ2n) is 6.50. The van der Waals surface area contributed by atoms with Crippen molar-refractivity contribution < 1.29 is 8.42 Å². The lowest BCUT2D eigenvalue weighted by molar-refractivity contribution is 0.386. The SMILES string of the molecule is Cc1ccc(S(=O)(=O)N2CCN(c3ccc(C(C)C)cc3)CC2)s1. The van der Waals surface area contributed by atoms with E-state index in [1.165, 1.54) is 22.6 Å². The molecule has 1 aromatic heterocycles. The molecule has 0 unspecified atom stereocenters. The van der Waals surface area contributed by atoms with Crippen LogP contribution in [0, 0.1) is 6.92 Å². The highest BCUT2D eigenvalue weighted by Crippen LogP contribution is 2.26. The highest BCUT2D eigenvalue weighted by atomic mass is 32.2. The molecule has 2 heterocycles. The second kappa shape index (κ2) is 6.86. The summed E-state index contributed by atoms with van der Waals surface area (Å²) in [6.07, 6.45) is 0. The van der Waals surface area contributed by atoms with Gasteiger partial charge in [0.2, 0.25) is 0 Å². The average molecular weight is 365 g/mol. The summed E-state index contributed by atoms with van der Waals surface area (Å²) < 4.78 is 27.4. The van der Waals surface area contributed by atoms with Crippen LogP contribution < -0.4 is 4.90 Å². The van der Waals surface area contributed by atoms with E-state index >= 15 is 0 Å². The van der Waals surface area contributed by atoms with Crippen molar-refractivity contribution in [2.75, 3.05) is 31.1 Å². The van der Waals surface area contributed by atoms with Crippen LogP contribution in [0.5, 0.6) is 0 Å². The normalized spacial score (nSPS) is 16.8. The third kappa shape index (κ3) is 3.50. The van der Waals surface area contributed by atoms with Crippen molar-refractivity contribution in [1.29, 1.82) is 0 Å². The Morgan fingerprint density at radius 1 is 0.958 bits per heavy atom. The summed E-state index contributed by atoms with van der Waals surface area (Å²) in [6.45, 7) is 8.82. The van der Waals surface area contributed by atoms with E-state index in [-0.39, 0.29) is 0 Å². The molecule has 0 radical (unpaired) electrons. The van der Waals surface area contributed by atoms with Gasteiger partial charge in [-0.15, -0.1) is 11.3 Å². The Labute approximate surface area is 148 Å². The van der Waals surface area contributed by atoms with Crippen molar-refractivity contribution in [2.24, 2.45) is 0 Å². The maximum atomic E-state index is 12.7. The fraction of sp³-hybridized carbons (Fsp3) is 0.444. The monoisotopic (exact) mass is 364 g/mol. The number of hydrogen-bond donors (Lipinski definition) is 0. The topological polar surface area (TPSA) is 40.6 Å². The molecule has 1 aromatic carbocycles. The number of sulfonamides is 1. The molecule has 1 aliphatic heterocycles. The molecule has 1 saturated heterocycles. The summed E-state index contributed by atoms with van der Waals surface area (Å²) in [4.78, 5) is 3.29. The summed E-state index contributed by atoms with van der Waals surface area (Å²) in [6, 6.07) is 12.2. The van der Waals surface area contributed by atoms with Crippen LogP contribution in [0.15, 0.2) is 40.6 Å². The molecule has 2 aromatic rings. The van der Waals surface area contributed by atoms with Gasteiger partial charge in [0.05, 0.1) is 0 Å². The smallest absolute Gasteiger partial charge is 0.252 e. The molecule has 0 spiro atoms. The summed E-state index contributed by atoms with van der Waals surface area (Å²) in [5.41, 5.74) is 2.50. The predicted molar refractivity (Wildman–Crippen MR) is 101 cm³/mol. The molecule has 0 saturated carbocycles. The summed E-state index contributed by atoms with van der Waals surface area (Å²) in [7, 11) is -3.34. The molecule has 0 N–H and O–H groups in total. The zero-order valence-electron chi connectivity index (χ0n) is 14.4. The lowest BCUT2D eigenvalue weighted by Gasteiger charge is -2.35. The molecule has 3 rings (SSSR count). The molecule has 4 nitrogen and oxygen atoms in total. The Kier molecular flexibility index (Phi) is 4.99. The van der Waals surface area contributed by atoms with Crippen LogP contribution in [-0.2, 0) is 10.0 Å². The van der Waals surface area contributed by atoms with Crippen LogP contribution in [0.2, 0.25) is 0 Å². The minimum atomic E-state index is -3.34. The Balaban J connectivity index is 1.67. The lowest BCUT2D eigenvalue weighted by atomic mass is 10.0. The van der Waals surface area contributed by atoms with Gasteiger partial charge in [-0.05, 0) is 42.7 Å². The van der Waals surface area contributed by atoms with Crippen molar-refractivity contribution in [3.8, 4) is 0 Å². The quantitative estimate of drug-likeness (QED) is 0.831. The molecule has 0 bridgehead atoms. The van der Waals surface area contributed by atoms with Gasteiger partial charge in [-0.25, -0.2) is 8.42 Å². The Morgan fingerprint density at radius 2 is 1.58 bits per heavy atom. The molecule has 130 valence electrons. The summed E-state index contributed by atoms with van der Waals surface area (Å²) in [5, 5.41) is 0. The zero-order valence-corrected chi connectivity index (χ0v) is 16.0. The van der Waals surface area contributed by atoms with Crippen molar-refractivity contribution in [3.63, 3.8) is 0 Å². The van der Waals surface area contributed by atoms with Crippen molar-refractivity contribution >= 4 is 27.0 Å². The highest BCUT2D eigenvalue weighted by Gasteiger charge is 2.29. The first-order chi connectivity index (χ1) is 11.4. The van der Waals surface area contributed by atoms with Crippen molar-refractivity contribution in [2.45, 2.75) is 30.9 Å². The zero-order chi connectivity index (χ0) is 17.3. The molecule has 0 atom stereocenters. The van der Waals surface area contributed by atoms with Crippen LogP contribution in [-0.4, -0.2) is 38.9 Å². The average Bonchev–Trinajstić information content (AvgIpc) is 3.02. The van der Waals surface area contributed by atoms with Gasteiger partial charge < -0.3 is 4.90 Å². The number of anilines is 1. The number of nitrogens with zero attached hydrogens (tertiary/aromatic N) is 2. The van der Waals surface area contributed by atoms with E-state index in [0.717, 1.165) is 18.0 Å². The minimum absolute atomic E-state index is 0.453. The highest BCUT2D eigenvalue weighted by molar-refractivity contribution is 7.91. The van der Waals surface area contributed by atoms with E-state index in [0.29, 0.717) is 23.2 Å². The molecule has 0 amide bonds. The van der Waals surface area contributed by atoms with Crippen LogP contribution in [0.25, 0.3) is 0 Å². The van der Waals surface area contributed by atoms with Gasteiger partial charge in [-0.2, -0.15) is 4.31 Å². The van der Waals surface area contributed by atoms with Crippen LogP contribution in [0.3, 0.4) is 0 Å². The molecule has 1 aliphatic rings. The van der Waals surface area contributed by atoms with E-state index in [2.05, 4.69) is 43.0 Å². The first-order valence-electron chi connectivity index (χ1n) is 8.29. The molecular weight excluding hydrogens is 340 g/mol. The van der Waals surface area contributed by atoms with Crippen molar-refractivity contribution in [3.05, 3.63) is 46.8 Å². The van der Waals surface area contributed by atoms with Crippen LogP contribution in [0.1, 0.15) is 30.2 Å². The van der Waals surface area contributed by atoms with E-state index in [1.54, 1.807) is 10.4 Å². The van der Waals surface area contributed by atoms with Gasteiger partial charge in [0, 0.05) is 36.7 Å². The number of piperazine rings is 1. The number of benzene rings is 1. The largest absolute Gasteiger partial charge is 0.369 e. The maximum Gasteiger partial charge on any atom is 0.252 e. The molecule has 0 aliphatic carbocycles. The molecule has 6 heteroatoms. The van der Waals surface area contributed by atoms with Gasteiger partial charge in [0.15, 0.2) is 0 Å². The fourth-order valence-corrected chi connectivity index (χ4v) is 5.79. The van der Waals surface area contributed by atoms with Crippen LogP contribution in [0.4, 0.5) is 5.69 Å². The lowest BCUT2D eigenvalue weighted by Crippen LogP contribution is -2.48. The second-order valence-corrected chi connectivity index (χ2v) is 9.96. The first kappa shape index (κ1) is 17.5. The predicted octanol–water partition coefficient (Wildman–Crippen LogP) is 3.69. The summed E-state index contributed by atoms with van der Waals surface area (Å²) in [5.74, 6) is 0.523. The van der Waals surface area contributed by atoms with E-state index in [4.69, 9.17) is 0 Å². The van der Waals surface area contributed by atoms with Gasteiger partial charge in [-0.3, -0.25) is 0 Å². The van der Waals surface area contributed by atoms with Gasteiger partial charge in [-0.1, -0.05) is 26.0 Å². The van der Waals surface area contributed by atoms with E-state index in [1.807, 2.05) is 13.0 Å². The third-order valence-corrected chi connectivity index (χ3v) is 7.84. The van der Waals surface area contributed by atoms with Crippen molar-refractivity contribution in [1.82, 2.24) is 4.31 Å². The number of hydrogen-bond acceptors (Lipinski definition) is 4. The summed E-state index contributed by atoms with van der Waals surface area (Å²) >= 11 is 1.35. The van der Waals surface area contributed by atoms with Gasteiger partial charge >= 0.3 is 0 Å². The number of rotatable bonds is 4. The Bertz CT molecular complexity index is 787. The molecule has 1 fully saturated rings. The molecule has 24 heavy (non-hydrogen) atoms. The minimum Gasteiger partial charge on any atom is -0.369 e. The van der Waals surface area contributed by atoms with E-state index in [9.17, 15) is 8.42 Å². The van der Waals surface area contributed by atoms with E-state index < -0.39 is 10.0 Å². The fourth-order valence-electron chi connectivity index (χ4n) is 2.93.